The molecule has 1 fully saturated rings. The number of ether oxygens (including phenoxy) is 2. The summed E-state index contributed by atoms with van der Waals surface area (Å²) in [4.78, 5) is 26.0. The maximum Gasteiger partial charge on any atom is 0.410 e. The number of anilines is 1. The quantitative estimate of drug-likeness (QED) is 0.858. The lowest BCUT2D eigenvalue weighted by Crippen LogP contribution is -2.42. The van der Waals surface area contributed by atoms with Crippen molar-refractivity contribution in [1.82, 2.24) is 4.90 Å². The molecule has 0 atom stereocenters. The van der Waals surface area contributed by atoms with E-state index in [0.29, 0.717) is 26.1 Å². The van der Waals surface area contributed by atoms with E-state index in [1.807, 2.05) is 52.0 Å². The number of amides is 2. The van der Waals surface area contributed by atoms with Crippen LogP contribution < -0.4 is 10.1 Å². The molecule has 26 heavy (non-hydrogen) atoms. The SMILES string of the molecule is CCOc1ccc(NC(=O)CC2CCN(C(=O)OC(C)(C)C)CC2)cc1. The van der Waals surface area contributed by atoms with Crippen LogP contribution in [0.4, 0.5) is 10.5 Å². The molecule has 1 aromatic rings. The van der Waals surface area contributed by atoms with Gasteiger partial charge < -0.3 is 19.7 Å². The lowest BCUT2D eigenvalue weighted by Gasteiger charge is -2.33. The van der Waals surface area contributed by atoms with Gasteiger partial charge in [-0.1, -0.05) is 0 Å². The Hall–Kier alpha value is -2.24. The smallest absolute Gasteiger partial charge is 0.410 e. The van der Waals surface area contributed by atoms with Crippen molar-refractivity contribution >= 4 is 17.7 Å². The molecule has 0 bridgehead atoms. The van der Waals surface area contributed by atoms with Crippen LogP contribution in [0.15, 0.2) is 24.3 Å². The number of benzene rings is 1. The molecule has 1 aliphatic rings. The van der Waals surface area contributed by atoms with Crippen molar-refractivity contribution in [2.75, 3.05) is 25.0 Å². The molecule has 0 unspecified atom stereocenters. The number of nitrogens with zero attached hydrogens (tertiary/aromatic N) is 1. The summed E-state index contributed by atoms with van der Waals surface area (Å²) >= 11 is 0. The van der Waals surface area contributed by atoms with Crippen molar-refractivity contribution in [2.24, 2.45) is 5.92 Å². The van der Waals surface area contributed by atoms with E-state index in [0.717, 1.165) is 24.3 Å². The monoisotopic (exact) mass is 362 g/mol. The van der Waals surface area contributed by atoms with Gasteiger partial charge in [-0.2, -0.15) is 0 Å². The number of hydrogen-bond donors (Lipinski definition) is 1. The Morgan fingerprint density at radius 1 is 1.15 bits per heavy atom. The van der Waals surface area contributed by atoms with Gasteiger partial charge in [0.2, 0.25) is 5.91 Å². The minimum Gasteiger partial charge on any atom is -0.494 e. The van der Waals surface area contributed by atoms with E-state index < -0.39 is 5.60 Å². The molecule has 0 aliphatic carbocycles. The van der Waals surface area contributed by atoms with Crippen molar-refractivity contribution in [1.29, 1.82) is 0 Å². The van der Waals surface area contributed by atoms with E-state index in [4.69, 9.17) is 9.47 Å². The molecule has 1 N–H and O–H groups in total. The Balaban J connectivity index is 1.74. The molecule has 6 heteroatoms. The van der Waals surface area contributed by atoms with Crippen LogP contribution in [0.1, 0.15) is 47.0 Å². The van der Waals surface area contributed by atoms with Crippen molar-refractivity contribution in [3.63, 3.8) is 0 Å². The van der Waals surface area contributed by atoms with Crippen LogP contribution in [0.5, 0.6) is 5.75 Å². The fourth-order valence-electron chi connectivity index (χ4n) is 2.92. The molecule has 0 spiro atoms. The second-order valence-corrected chi connectivity index (χ2v) is 7.62. The summed E-state index contributed by atoms with van der Waals surface area (Å²) in [6, 6.07) is 7.37. The third-order valence-corrected chi connectivity index (χ3v) is 4.19. The molecule has 0 aromatic heterocycles. The molecule has 1 saturated heterocycles. The summed E-state index contributed by atoms with van der Waals surface area (Å²) in [5, 5.41) is 2.92. The normalized spacial score (nSPS) is 15.5. The fraction of sp³-hybridized carbons (Fsp3) is 0.600. The number of piperidine rings is 1. The Morgan fingerprint density at radius 2 is 1.77 bits per heavy atom. The van der Waals surface area contributed by atoms with Gasteiger partial charge >= 0.3 is 6.09 Å². The minimum absolute atomic E-state index is 0.00452. The summed E-state index contributed by atoms with van der Waals surface area (Å²) in [6.45, 7) is 9.41. The Kier molecular flexibility index (Phi) is 6.89. The lowest BCUT2D eigenvalue weighted by atomic mass is 9.93. The highest BCUT2D eigenvalue weighted by Crippen LogP contribution is 2.23. The van der Waals surface area contributed by atoms with E-state index in [-0.39, 0.29) is 17.9 Å². The third-order valence-electron chi connectivity index (χ3n) is 4.19. The van der Waals surface area contributed by atoms with E-state index in [1.54, 1.807) is 4.90 Å². The first kappa shape index (κ1) is 20.1. The predicted molar refractivity (Wildman–Crippen MR) is 101 cm³/mol. The van der Waals surface area contributed by atoms with Crippen LogP contribution in [0, 0.1) is 5.92 Å². The van der Waals surface area contributed by atoms with Crippen molar-refractivity contribution < 1.29 is 19.1 Å². The number of likely N-dealkylation sites (tertiary alicyclic amines) is 1. The highest BCUT2D eigenvalue weighted by molar-refractivity contribution is 5.90. The first-order valence-corrected chi connectivity index (χ1v) is 9.27. The summed E-state index contributed by atoms with van der Waals surface area (Å²) in [5.41, 5.74) is 0.288. The summed E-state index contributed by atoms with van der Waals surface area (Å²) in [6.07, 6.45) is 1.83. The van der Waals surface area contributed by atoms with Gasteiger partial charge in [0.15, 0.2) is 0 Å². The second-order valence-electron chi connectivity index (χ2n) is 7.62. The first-order chi connectivity index (χ1) is 12.3. The number of carbonyl (C=O) groups is 2. The highest BCUT2D eigenvalue weighted by Gasteiger charge is 2.27. The minimum atomic E-state index is -0.481. The topological polar surface area (TPSA) is 67.9 Å². The van der Waals surface area contributed by atoms with Gasteiger partial charge in [0, 0.05) is 25.2 Å². The number of nitrogens with one attached hydrogen (secondary N) is 1. The molecule has 0 radical (unpaired) electrons. The van der Waals surface area contributed by atoms with Crippen LogP contribution in [-0.2, 0) is 9.53 Å². The zero-order valence-corrected chi connectivity index (χ0v) is 16.2. The second kappa shape index (κ2) is 8.92. The maximum absolute atomic E-state index is 12.2. The van der Waals surface area contributed by atoms with Gasteiger partial charge in [0.05, 0.1) is 6.61 Å². The van der Waals surface area contributed by atoms with Gasteiger partial charge in [-0.25, -0.2) is 4.79 Å². The van der Waals surface area contributed by atoms with Crippen LogP contribution >= 0.6 is 0 Å². The van der Waals surface area contributed by atoms with Crippen LogP contribution in [0.2, 0.25) is 0 Å². The van der Waals surface area contributed by atoms with Crippen molar-refractivity contribution in [3.8, 4) is 5.75 Å². The van der Waals surface area contributed by atoms with E-state index >= 15 is 0 Å². The van der Waals surface area contributed by atoms with Crippen LogP contribution in [0.3, 0.4) is 0 Å². The molecule has 6 nitrogen and oxygen atoms in total. The Labute approximate surface area is 155 Å². The van der Waals surface area contributed by atoms with E-state index in [9.17, 15) is 9.59 Å². The lowest BCUT2D eigenvalue weighted by molar-refractivity contribution is -0.117. The molecule has 1 aliphatic heterocycles. The van der Waals surface area contributed by atoms with Gasteiger partial charge in [0.1, 0.15) is 11.4 Å². The summed E-state index contributed by atoms with van der Waals surface area (Å²) in [5.74, 6) is 1.08. The van der Waals surface area contributed by atoms with Crippen molar-refractivity contribution in [2.45, 2.75) is 52.6 Å². The highest BCUT2D eigenvalue weighted by atomic mass is 16.6. The van der Waals surface area contributed by atoms with Crippen molar-refractivity contribution in [3.05, 3.63) is 24.3 Å². The van der Waals surface area contributed by atoms with Gasteiger partial charge in [-0.15, -0.1) is 0 Å². The molecule has 144 valence electrons. The van der Waals surface area contributed by atoms with Crippen LogP contribution in [0.25, 0.3) is 0 Å². The Bertz CT molecular complexity index is 599. The van der Waals surface area contributed by atoms with E-state index in [2.05, 4.69) is 5.32 Å². The molecule has 2 amide bonds. The molecular formula is C20H30N2O4. The van der Waals surface area contributed by atoms with Gasteiger partial charge in [-0.3, -0.25) is 4.79 Å². The first-order valence-electron chi connectivity index (χ1n) is 9.27. The molecular weight excluding hydrogens is 332 g/mol. The third kappa shape index (κ3) is 6.58. The van der Waals surface area contributed by atoms with Gasteiger partial charge in [0.25, 0.3) is 0 Å². The fourth-order valence-corrected chi connectivity index (χ4v) is 2.92. The molecule has 0 saturated carbocycles. The summed E-state index contributed by atoms with van der Waals surface area (Å²) < 4.78 is 10.8. The largest absolute Gasteiger partial charge is 0.494 e. The zero-order valence-electron chi connectivity index (χ0n) is 16.2. The zero-order chi connectivity index (χ0) is 19.2. The van der Waals surface area contributed by atoms with Gasteiger partial charge in [-0.05, 0) is 70.7 Å². The number of carbonyl (C=O) groups excluding carboxylic acids is 2. The van der Waals surface area contributed by atoms with E-state index in [1.165, 1.54) is 0 Å². The Morgan fingerprint density at radius 3 is 2.31 bits per heavy atom. The number of hydrogen-bond acceptors (Lipinski definition) is 4. The average Bonchev–Trinajstić information content (AvgIpc) is 2.56. The molecule has 1 heterocycles. The molecule has 1 aromatic carbocycles. The predicted octanol–water partition coefficient (Wildman–Crippen LogP) is 4.06. The van der Waals surface area contributed by atoms with Crippen LogP contribution in [-0.4, -0.2) is 42.2 Å². The average molecular weight is 362 g/mol. The maximum atomic E-state index is 12.2. The molecule has 2 rings (SSSR count). The summed E-state index contributed by atoms with van der Waals surface area (Å²) in [7, 11) is 0. The number of rotatable bonds is 5. The standard InChI is InChI=1S/C20H30N2O4/c1-5-25-17-8-6-16(7-9-17)21-18(23)14-15-10-12-22(13-11-15)19(24)26-20(2,3)4/h6-9,15H,5,10-14H2,1-4H3,(H,21,23).